The third-order valence-corrected chi connectivity index (χ3v) is 4.08. The quantitative estimate of drug-likeness (QED) is 0.888. The van der Waals surface area contributed by atoms with Gasteiger partial charge in [-0.15, -0.1) is 0 Å². The predicted octanol–water partition coefficient (Wildman–Crippen LogP) is 2.77. The molecule has 0 aliphatic heterocycles. The van der Waals surface area contributed by atoms with E-state index < -0.39 is 11.4 Å². The minimum atomic E-state index is -0.802. The molecule has 0 unspecified atom stereocenters. The summed E-state index contributed by atoms with van der Waals surface area (Å²) in [7, 11) is 3.14. The molecule has 0 spiro atoms. The lowest BCUT2D eigenvalue weighted by atomic mass is 9.64. The fourth-order valence-electron chi connectivity index (χ4n) is 2.71. The molecule has 2 rings (SSSR count). The predicted molar refractivity (Wildman–Crippen MR) is 72.1 cm³/mol. The van der Waals surface area contributed by atoms with Gasteiger partial charge in [0.1, 0.15) is 0 Å². The highest BCUT2D eigenvalue weighted by Gasteiger charge is 2.48. The van der Waals surface area contributed by atoms with Crippen LogP contribution in [-0.4, -0.2) is 25.3 Å². The second-order valence-electron chi connectivity index (χ2n) is 4.97. The molecule has 1 saturated carbocycles. The molecule has 0 atom stereocenters. The van der Waals surface area contributed by atoms with Crippen LogP contribution >= 0.6 is 0 Å². The summed E-state index contributed by atoms with van der Waals surface area (Å²) in [6.45, 7) is 2.04. The lowest BCUT2D eigenvalue weighted by Gasteiger charge is -2.39. The van der Waals surface area contributed by atoms with Gasteiger partial charge in [-0.1, -0.05) is 19.4 Å². The van der Waals surface area contributed by atoms with Crippen molar-refractivity contribution in [2.45, 2.75) is 38.0 Å². The Balaban J connectivity index is 2.63. The van der Waals surface area contributed by atoms with E-state index in [1.807, 2.05) is 19.1 Å². The number of carboxylic acid groups (broad SMARTS) is 1. The van der Waals surface area contributed by atoms with Gasteiger partial charge in [0, 0.05) is 5.56 Å². The van der Waals surface area contributed by atoms with E-state index >= 15 is 0 Å². The first-order valence-electron chi connectivity index (χ1n) is 6.57. The van der Waals surface area contributed by atoms with Crippen molar-refractivity contribution in [3.05, 3.63) is 23.3 Å². The molecule has 1 N–H and O–H groups in total. The van der Waals surface area contributed by atoms with Crippen LogP contribution in [0.5, 0.6) is 11.5 Å². The van der Waals surface area contributed by atoms with Crippen LogP contribution in [0.2, 0.25) is 0 Å². The number of methoxy groups -OCH3 is 2. The molecule has 19 heavy (non-hydrogen) atoms. The van der Waals surface area contributed by atoms with E-state index in [2.05, 4.69) is 0 Å². The minimum Gasteiger partial charge on any atom is -0.493 e. The van der Waals surface area contributed by atoms with E-state index in [0.717, 1.165) is 24.0 Å². The standard InChI is InChI=1S/C15H20O4/c1-4-10-8-11(13(19-3)12(9-10)18-2)15(14(16)17)6-5-7-15/h8-9H,4-7H2,1-3H3,(H,16,17). The zero-order valence-electron chi connectivity index (χ0n) is 11.7. The van der Waals surface area contributed by atoms with Crippen molar-refractivity contribution in [3.8, 4) is 11.5 Å². The van der Waals surface area contributed by atoms with Crippen molar-refractivity contribution in [3.63, 3.8) is 0 Å². The van der Waals surface area contributed by atoms with Crippen molar-refractivity contribution in [2.75, 3.05) is 14.2 Å². The van der Waals surface area contributed by atoms with E-state index in [-0.39, 0.29) is 0 Å². The summed E-state index contributed by atoms with van der Waals surface area (Å²) in [5.41, 5.74) is 1.02. The number of hydrogen-bond acceptors (Lipinski definition) is 3. The Morgan fingerprint density at radius 2 is 2.00 bits per heavy atom. The van der Waals surface area contributed by atoms with Crippen LogP contribution in [-0.2, 0) is 16.6 Å². The smallest absolute Gasteiger partial charge is 0.314 e. The molecule has 104 valence electrons. The molecule has 0 aromatic heterocycles. The summed E-state index contributed by atoms with van der Waals surface area (Å²) in [5.74, 6) is 0.401. The lowest BCUT2D eigenvalue weighted by molar-refractivity contribution is -0.147. The summed E-state index contributed by atoms with van der Waals surface area (Å²) >= 11 is 0. The molecule has 0 amide bonds. The molecule has 4 nitrogen and oxygen atoms in total. The molecular formula is C15H20O4. The molecule has 4 heteroatoms. The van der Waals surface area contributed by atoms with Gasteiger partial charge in [0.15, 0.2) is 11.5 Å². The fraction of sp³-hybridized carbons (Fsp3) is 0.533. The number of hydrogen-bond donors (Lipinski definition) is 1. The topological polar surface area (TPSA) is 55.8 Å². The van der Waals surface area contributed by atoms with Gasteiger partial charge < -0.3 is 14.6 Å². The monoisotopic (exact) mass is 264 g/mol. The highest BCUT2D eigenvalue weighted by Crippen LogP contribution is 2.50. The molecule has 1 aliphatic rings. The van der Waals surface area contributed by atoms with Gasteiger partial charge in [-0.3, -0.25) is 4.79 Å². The SMILES string of the molecule is CCc1cc(OC)c(OC)c(C2(C(=O)O)CCC2)c1. The van der Waals surface area contributed by atoms with Crippen molar-refractivity contribution in [1.29, 1.82) is 0 Å². The van der Waals surface area contributed by atoms with Gasteiger partial charge in [0.25, 0.3) is 0 Å². The Kier molecular flexibility index (Phi) is 3.69. The minimum absolute atomic E-state index is 0.557. The second-order valence-corrected chi connectivity index (χ2v) is 4.97. The van der Waals surface area contributed by atoms with Crippen LogP contribution in [0.1, 0.15) is 37.3 Å². The lowest BCUT2D eigenvalue weighted by Crippen LogP contribution is -2.42. The number of ether oxygens (including phenoxy) is 2. The third-order valence-electron chi connectivity index (χ3n) is 4.08. The van der Waals surface area contributed by atoms with Gasteiger partial charge in [0.05, 0.1) is 19.6 Å². The average Bonchev–Trinajstić information content (AvgIpc) is 2.35. The van der Waals surface area contributed by atoms with Crippen LogP contribution in [0.25, 0.3) is 0 Å². The van der Waals surface area contributed by atoms with Gasteiger partial charge in [-0.25, -0.2) is 0 Å². The van der Waals surface area contributed by atoms with Crippen LogP contribution < -0.4 is 9.47 Å². The largest absolute Gasteiger partial charge is 0.493 e. The molecule has 1 aliphatic carbocycles. The molecular weight excluding hydrogens is 244 g/mol. The Labute approximate surface area is 113 Å². The van der Waals surface area contributed by atoms with Crippen molar-refractivity contribution >= 4 is 5.97 Å². The maximum atomic E-state index is 11.7. The Hall–Kier alpha value is -1.71. The molecule has 0 radical (unpaired) electrons. The van der Waals surface area contributed by atoms with E-state index in [0.29, 0.717) is 24.3 Å². The molecule has 0 heterocycles. The van der Waals surface area contributed by atoms with Crippen LogP contribution in [0.4, 0.5) is 0 Å². The Bertz CT molecular complexity index is 489. The summed E-state index contributed by atoms with van der Waals surface area (Å²) in [6, 6.07) is 3.87. The number of carbonyl (C=O) groups is 1. The van der Waals surface area contributed by atoms with E-state index in [4.69, 9.17) is 9.47 Å². The summed E-state index contributed by atoms with van der Waals surface area (Å²) in [6.07, 6.45) is 3.10. The zero-order chi connectivity index (χ0) is 14.0. The van der Waals surface area contributed by atoms with E-state index in [1.54, 1.807) is 14.2 Å². The van der Waals surface area contributed by atoms with E-state index in [1.165, 1.54) is 0 Å². The van der Waals surface area contributed by atoms with Gasteiger partial charge >= 0.3 is 5.97 Å². The van der Waals surface area contributed by atoms with E-state index in [9.17, 15) is 9.90 Å². The van der Waals surface area contributed by atoms with Crippen LogP contribution in [0.15, 0.2) is 12.1 Å². The first-order chi connectivity index (χ1) is 9.08. The third kappa shape index (κ3) is 2.05. The number of benzene rings is 1. The second kappa shape index (κ2) is 5.11. The van der Waals surface area contributed by atoms with Crippen LogP contribution in [0, 0.1) is 0 Å². The summed E-state index contributed by atoms with van der Waals surface area (Å²) < 4.78 is 10.8. The molecule has 0 saturated heterocycles. The normalized spacial score (nSPS) is 16.6. The number of aryl methyl sites for hydroxylation is 1. The van der Waals surface area contributed by atoms with Crippen molar-refractivity contribution < 1.29 is 19.4 Å². The maximum Gasteiger partial charge on any atom is 0.314 e. The number of aliphatic carboxylic acids is 1. The Morgan fingerprint density at radius 1 is 1.32 bits per heavy atom. The zero-order valence-corrected chi connectivity index (χ0v) is 11.7. The molecule has 1 fully saturated rings. The number of rotatable bonds is 5. The van der Waals surface area contributed by atoms with Crippen LogP contribution in [0.3, 0.4) is 0 Å². The molecule has 0 bridgehead atoms. The molecule has 1 aromatic carbocycles. The molecule has 1 aromatic rings. The van der Waals surface area contributed by atoms with Crippen molar-refractivity contribution in [2.24, 2.45) is 0 Å². The summed E-state index contributed by atoms with van der Waals surface area (Å²) in [5, 5.41) is 9.59. The highest BCUT2D eigenvalue weighted by molar-refractivity contribution is 5.84. The number of carboxylic acids is 1. The highest BCUT2D eigenvalue weighted by atomic mass is 16.5. The fourth-order valence-corrected chi connectivity index (χ4v) is 2.71. The first kappa shape index (κ1) is 13.7. The van der Waals surface area contributed by atoms with Gasteiger partial charge in [-0.2, -0.15) is 0 Å². The Morgan fingerprint density at radius 3 is 2.37 bits per heavy atom. The first-order valence-corrected chi connectivity index (χ1v) is 6.57. The van der Waals surface area contributed by atoms with Crippen molar-refractivity contribution in [1.82, 2.24) is 0 Å². The van der Waals surface area contributed by atoms with Gasteiger partial charge in [-0.05, 0) is 30.9 Å². The average molecular weight is 264 g/mol. The maximum absolute atomic E-state index is 11.7. The van der Waals surface area contributed by atoms with Gasteiger partial charge in [0.2, 0.25) is 0 Å². The summed E-state index contributed by atoms with van der Waals surface area (Å²) in [4.78, 5) is 11.7.